The maximum atomic E-state index is 11.8. The lowest BCUT2D eigenvalue weighted by molar-refractivity contribution is -0.124. The van der Waals surface area contributed by atoms with Crippen LogP contribution in [0.15, 0.2) is 6.20 Å². The molecule has 1 atom stereocenters. The van der Waals surface area contributed by atoms with E-state index in [1.807, 2.05) is 6.92 Å². The van der Waals surface area contributed by atoms with Crippen LogP contribution < -0.4 is 11.1 Å². The number of aromatic nitrogens is 3. The average Bonchev–Trinajstić information content (AvgIpc) is 2.77. The fraction of sp³-hybridized carbons (Fsp3) is 0.727. The third-order valence-electron chi connectivity index (χ3n) is 2.56. The van der Waals surface area contributed by atoms with Crippen LogP contribution in [0.25, 0.3) is 0 Å². The molecule has 0 radical (unpaired) electrons. The van der Waals surface area contributed by atoms with Gasteiger partial charge in [0, 0.05) is 19.2 Å². The van der Waals surface area contributed by atoms with Gasteiger partial charge in [-0.05, 0) is 19.9 Å². The van der Waals surface area contributed by atoms with Gasteiger partial charge in [-0.25, -0.2) is 4.68 Å². The predicted molar refractivity (Wildman–Crippen MR) is 65.4 cm³/mol. The van der Waals surface area contributed by atoms with Gasteiger partial charge in [0.05, 0.1) is 5.69 Å². The van der Waals surface area contributed by atoms with Crippen molar-refractivity contribution < 1.29 is 4.79 Å². The molecular formula is C11H21N5O. The lowest BCUT2D eigenvalue weighted by Crippen LogP contribution is -2.31. The highest BCUT2D eigenvalue weighted by Crippen LogP contribution is 2.05. The molecule has 0 fully saturated rings. The van der Waals surface area contributed by atoms with Crippen molar-refractivity contribution in [3.05, 3.63) is 11.9 Å². The number of unbranched alkanes of at least 4 members (excludes halogenated alkanes) is 1. The summed E-state index contributed by atoms with van der Waals surface area (Å²) >= 11 is 0. The summed E-state index contributed by atoms with van der Waals surface area (Å²) in [5.74, 6) is -0.0253. The minimum Gasteiger partial charge on any atom is -0.354 e. The van der Waals surface area contributed by atoms with Crippen LogP contribution in [0.5, 0.6) is 0 Å². The minimum absolute atomic E-state index is 0.0253. The standard InChI is InChI=1S/C11H21N5O/c1-3-4-7-13-11(17)9(2)16-8-10(5-6-12)14-15-16/h8-9H,3-7,12H2,1-2H3,(H,13,17). The van der Waals surface area contributed by atoms with E-state index in [0.717, 1.165) is 18.5 Å². The first kappa shape index (κ1) is 13.6. The van der Waals surface area contributed by atoms with Gasteiger partial charge in [-0.3, -0.25) is 4.79 Å². The summed E-state index contributed by atoms with van der Waals surface area (Å²) in [5, 5.41) is 10.8. The normalized spacial score (nSPS) is 12.4. The van der Waals surface area contributed by atoms with Gasteiger partial charge in [0.1, 0.15) is 6.04 Å². The smallest absolute Gasteiger partial charge is 0.244 e. The van der Waals surface area contributed by atoms with Crippen LogP contribution >= 0.6 is 0 Å². The van der Waals surface area contributed by atoms with Crippen LogP contribution in [0.4, 0.5) is 0 Å². The number of nitrogens with zero attached hydrogens (tertiary/aromatic N) is 3. The van der Waals surface area contributed by atoms with E-state index in [1.54, 1.807) is 10.9 Å². The molecule has 6 heteroatoms. The van der Waals surface area contributed by atoms with Gasteiger partial charge in [-0.15, -0.1) is 5.10 Å². The second-order valence-corrected chi connectivity index (χ2v) is 4.05. The van der Waals surface area contributed by atoms with Crippen molar-refractivity contribution in [1.82, 2.24) is 20.3 Å². The molecule has 17 heavy (non-hydrogen) atoms. The van der Waals surface area contributed by atoms with Crippen molar-refractivity contribution in [3.8, 4) is 0 Å². The van der Waals surface area contributed by atoms with E-state index in [4.69, 9.17) is 5.73 Å². The highest BCUT2D eigenvalue weighted by molar-refractivity contribution is 5.79. The summed E-state index contributed by atoms with van der Waals surface area (Å²) in [4.78, 5) is 11.8. The predicted octanol–water partition coefficient (Wildman–Crippen LogP) is 0.257. The van der Waals surface area contributed by atoms with E-state index in [-0.39, 0.29) is 11.9 Å². The molecule has 0 aromatic carbocycles. The van der Waals surface area contributed by atoms with Crippen molar-refractivity contribution in [2.24, 2.45) is 5.73 Å². The minimum atomic E-state index is -0.328. The Morgan fingerprint density at radius 2 is 2.41 bits per heavy atom. The highest BCUT2D eigenvalue weighted by atomic mass is 16.2. The number of carbonyl (C=O) groups excluding carboxylic acids is 1. The van der Waals surface area contributed by atoms with Crippen molar-refractivity contribution >= 4 is 5.91 Å². The zero-order valence-electron chi connectivity index (χ0n) is 10.5. The first-order valence-electron chi connectivity index (χ1n) is 6.07. The van der Waals surface area contributed by atoms with Crippen molar-refractivity contribution in [2.45, 2.75) is 39.2 Å². The Kier molecular flexibility index (Phi) is 5.62. The fourth-order valence-corrected chi connectivity index (χ4v) is 1.42. The molecule has 0 aliphatic carbocycles. The molecule has 6 nitrogen and oxygen atoms in total. The number of hydrogen-bond donors (Lipinski definition) is 2. The molecule has 96 valence electrons. The molecule has 0 bridgehead atoms. The second kappa shape index (κ2) is 7.01. The maximum absolute atomic E-state index is 11.8. The number of carbonyl (C=O) groups is 1. The highest BCUT2D eigenvalue weighted by Gasteiger charge is 2.15. The fourth-order valence-electron chi connectivity index (χ4n) is 1.42. The third-order valence-corrected chi connectivity index (χ3v) is 2.56. The van der Waals surface area contributed by atoms with Gasteiger partial charge in [0.2, 0.25) is 5.91 Å². The summed E-state index contributed by atoms with van der Waals surface area (Å²) in [6, 6.07) is -0.328. The molecule has 1 aromatic rings. The van der Waals surface area contributed by atoms with Crippen LogP contribution in [-0.4, -0.2) is 34.0 Å². The number of nitrogens with one attached hydrogen (secondary N) is 1. The number of hydrogen-bond acceptors (Lipinski definition) is 4. The summed E-state index contributed by atoms with van der Waals surface area (Å²) in [6.07, 6.45) is 4.52. The van der Waals surface area contributed by atoms with Gasteiger partial charge in [-0.1, -0.05) is 18.6 Å². The summed E-state index contributed by atoms with van der Waals surface area (Å²) in [7, 11) is 0. The first-order valence-corrected chi connectivity index (χ1v) is 6.07. The van der Waals surface area contributed by atoms with Crippen molar-refractivity contribution in [1.29, 1.82) is 0 Å². The molecule has 1 amide bonds. The van der Waals surface area contributed by atoms with Gasteiger partial charge < -0.3 is 11.1 Å². The Balaban J connectivity index is 2.49. The van der Waals surface area contributed by atoms with Gasteiger partial charge in [0.25, 0.3) is 0 Å². The quantitative estimate of drug-likeness (QED) is 0.668. The van der Waals surface area contributed by atoms with Crippen LogP contribution in [-0.2, 0) is 11.2 Å². The molecule has 0 saturated heterocycles. The summed E-state index contributed by atoms with van der Waals surface area (Å²) in [5.41, 5.74) is 6.25. The largest absolute Gasteiger partial charge is 0.354 e. The average molecular weight is 239 g/mol. The van der Waals surface area contributed by atoms with Crippen LogP contribution in [0, 0.1) is 0 Å². The Hall–Kier alpha value is -1.43. The van der Waals surface area contributed by atoms with E-state index >= 15 is 0 Å². The molecule has 0 spiro atoms. The van der Waals surface area contributed by atoms with E-state index < -0.39 is 0 Å². The van der Waals surface area contributed by atoms with Crippen molar-refractivity contribution in [3.63, 3.8) is 0 Å². The lowest BCUT2D eigenvalue weighted by atomic mass is 10.3. The molecule has 0 aliphatic heterocycles. The Bertz CT molecular complexity index is 349. The summed E-state index contributed by atoms with van der Waals surface area (Å²) in [6.45, 7) is 5.15. The third kappa shape index (κ3) is 4.14. The SMILES string of the molecule is CCCCNC(=O)C(C)n1cc(CCN)nn1. The van der Waals surface area contributed by atoms with Gasteiger partial charge in [-0.2, -0.15) is 0 Å². The topological polar surface area (TPSA) is 85.8 Å². The zero-order chi connectivity index (χ0) is 12.7. The molecule has 3 N–H and O–H groups in total. The van der Waals surface area contributed by atoms with Crippen LogP contribution in [0.3, 0.4) is 0 Å². The van der Waals surface area contributed by atoms with Crippen molar-refractivity contribution in [2.75, 3.05) is 13.1 Å². The summed E-state index contributed by atoms with van der Waals surface area (Å²) < 4.78 is 1.58. The zero-order valence-corrected chi connectivity index (χ0v) is 10.5. The van der Waals surface area contributed by atoms with E-state index in [2.05, 4.69) is 22.6 Å². The lowest BCUT2D eigenvalue weighted by Gasteiger charge is -2.11. The van der Waals surface area contributed by atoms with Gasteiger partial charge >= 0.3 is 0 Å². The maximum Gasteiger partial charge on any atom is 0.244 e. The van der Waals surface area contributed by atoms with Crippen LogP contribution in [0.1, 0.15) is 38.4 Å². The Morgan fingerprint density at radius 3 is 3.06 bits per heavy atom. The Labute approximate surface area is 102 Å². The molecule has 1 heterocycles. The van der Waals surface area contributed by atoms with E-state index in [1.165, 1.54) is 0 Å². The van der Waals surface area contributed by atoms with Crippen LogP contribution in [0.2, 0.25) is 0 Å². The van der Waals surface area contributed by atoms with E-state index in [0.29, 0.717) is 19.5 Å². The number of nitrogens with two attached hydrogens (primary N) is 1. The van der Waals surface area contributed by atoms with E-state index in [9.17, 15) is 4.79 Å². The second-order valence-electron chi connectivity index (χ2n) is 4.05. The number of amides is 1. The molecular weight excluding hydrogens is 218 g/mol. The van der Waals surface area contributed by atoms with Gasteiger partial charge in [0.15, 0.2) is 0 Å². The number of rotatable bonds is 7. The molecule has 1 rings (SSSR count). The molecule has 0 saturated carbocycles. The first-order chi connectivity index (χ1) is 8.19. The molecule has 1 unspecified atom stereocenters. The molecule has 0 aliphatic rings. The Morgan fingerprint density at radius 1 is 1.65 bits per heavy atom. The molecule has 1 aromatic heterocycles. The monoisotopic (exact) mass is 239 g/mol.